The first kappa shape index (κ1) is 22.4. The highest BCUT2D eigenvalue weighted by Gasteiger charge is 2.49. The zero-order valence-corrected chi connectivity index (χ0v) is 17.5. The van der Waals surface area contributed by atoms with Crippen LogP contribution in [0.3, 0.4) is 0 Å². The standard InChI is InChI=1S/C24H36O4/c1-23(2,21(25)26)15-7-4-3-5-9-19-11-13-20(14-12-19)10-6-8-16-24(17-18-24)22(27)28/h11-14H,3-10,15-18H2,1-2H3,(H,25,26)(H,27,28). The van der Waals surface area contributed by atoms with E-state index in [2.05, 4.69) is 24.3 Å². The van der Waals surface area contributed by atoms with Crippen LogP contribution in [-0.2, 0) is 22.4 Å². The number of hydrogen-bond acceptors (Lipinski definition) is 2. The molecule has 0 aliphatic heterocycles. The third-order valence-electron chi connectivity index (χ3n) is 6.30. The second-order valence-electron chi connectivity index (χ2n) is 9.21. The number of aliphatic carboxylic acids is 2. The van der Waals surface area contributed by atoms with E-state index in [1.54, 1.807) is 13.8 Å². The molecule has 2 N–H and O–H groups in total. The summed E-state index contributed by atoms with van der Waals surface area (Å²) in [6.07, 6.45) is 11.8. The Balaban J connectivity index is 1.56. The summed E-state index contributed by atoms with van der Waals surface area (Å²) in [6, 6.07) is 8.83. The van der Waals surface area contributed by atoms with Gasteiger partial charge in [0.2, 0.25) is 0 Å². The van der Waals surface area contributed by atoms with Crippen molar-refractivity contribution in [1.82, 2.24) is 0 Å². The molecule has 1 aliphatic rings. The summed E-state index contributed by atoms with van der Waals surface area (Å²) in [7, 11) is 0. The van der Waals surface area contributed by atoms with Gasteiger partial charge in [0.1, 0.15) is 0 Å². The lowest BCUT2D eigenvalue weighted by molar-refractivity contribution is -0.147. The molecular formula is C24H36O4. The number of benzene rings is 1. The highest BCUT2D eigenvalue weighted by molar-refractivity contribution is 5.77. The van der Waals surface area contributed by atoms with E-state index < -0.39 is 17.4 Å². The number of unbranched alkanes of at least 4 members (excludes halogenated alkanes) is 4. The van der Waals surface area contributed by atoms with Gasteiger partial charge in [-0.2, -0.15) is 0 Å². The molecule has 1 aliphatic carbocycles. The molecule has 0 amide bonds. The lowest BCUT2D eigenvalue weighted by Crippen LogP contribution is -2.23. The molecule has 0 radical (unpaired) electrons. The van der Waals surface area contributed by atoms with E-state index in [4.69, 9.17) is 5.11 Å². The molecule has 1 fully saturated rings. The average molecular weight is 389 g/mol. The number of carboxylic acid groups (broad SMARTS) is 2. The van der Waals surface area contributed by atoms with Gasteiger partial charge in [-0.05, 0) is 76.3 Å². The van der Waals surface area contributed by atoms with Crippen LogP contribution in [0.2, 0.25) is 0 Å². The Kier molecular flexibility index (Phi) is 8.09. The zero-order chi connectivity index (χ0) is 20.6. The maximum absolute atomic E-state index is 11.2. The Morgan fingerprint density at radius 3 is 1.82 bits per heavy atom. The van der Waals surface area contributed by atoms with Crippen molar-refractivity contribution in [2.75, 3.05) is 0 Å². The minimum atomic E-state index is -0.707. The minimum Gasteiger partial charge on any atom is -0.481 e. The molecule has 0 aromatic heterocycles. The van der Waals surface area contributed by atoms with Gasteiger partial charge in [0.15, 0.2) is 0 Å². The predicted molar refractivity (Wildman–Crippen MR) is 112 cm³/mol. The summed E-state index contributed by atoms with van der Waals surface area (Å²) >= 11 is 0. The van der Waals surface area contributed by atoms with Crippen LogP contribution in [0.4, 0.5) is 0 Å². The fourth-order valence-electron chi connectivity index (χ4n) is 3.74. The van der Waals surface area contributed by atoms with Crippen molar-refractivity contribution in [3.8, 4) is 0 Å². The SMILES string of the molecule is CC(C)(CCCCCCc1ccc(CCCCC2(C(=O)O)CC2)cc1)C(=O)O. The molecule has 156 valence electrons. The van der Waals surface area contributed by atoms with Gasteiger partial charge in [0, 0.05) is 0 Å². The molecule has 1 saturated carbocycles. The molecule has 28 heavy (non-hydrogen) atoms. The van der Waals surface area contributed by atoms with Crippen LogP contribution < -0.4 is 0 Å². The van der Waals surface area contributed by atoms with Crippen LogP contribution in [0.5, 0.6) is 0 Å². The molecule has 0 atom stereocenters. The molecule has 2 rings (SSSR count). The first-order valence-corrected chi connectivity index (χ1v) is 10.8. The summed E-state index contributed by atoms with van der Waals surface area (Å²) in [5.74, 6) is -1.32. The lowest BCUT2D eigenvalue weighted by Gasteiger charge is -2.18. The van der Waals surface area contributed by atoms with Crippen molar-refractivity contribution in [2.45, 2.75) is 90.9 Å². The molecule has 0 spiro atoms. The van der Waals surface area contributed by atoms with Crippen molar-refractivity contribution in [2.24, 2.45) is 10.8 Å². The Hall–Kier alpha value is -1.84. The molecule has 0 saturated heterocycles. The summed E-state index contributed by atoms with van der Waals surface area (Å²) in [5, 5.41) is 18.3. The fraction of sp³-hybridized carbons (Fsp3) is 0.667. The van der Waals surface area contributed by atoms with Crippen LogP contribution in [0, 0.1) is 10.8 Å². The molecule has 0 heterocycles. The Morgan fingerprint density at radius 2 is 1.36 bits per heavy atom. The van der Waals surface area contributed by atoms with Crippen LogP contribution in [0.1, 0.15) is 89.2 Å². The Bertz CT molecular complexity index is 641. The summed E-state index contributed by atoms with van der Waals surface area (Å²) in [4.78, 5) is 22.3. The van der Waals surface area contributed by atoms with Crippen molar-refractivity contribution in [1.29, 1.82) is 0 Å². The average Bonchev–Trinajstić information content (AvgIpc) is 3.44. The second-order valence-corrected chi connectivity index (χ2v) is 9.21. The predicted octanol–water partition coefficient (Wildman–Crippen LogP) is 5.87. The molecule has 4 nitrogen and oxygen atoms in total. The van der Waals surface area contributed by atoms with Gasteiger partial charge in [-0.3, -0.25) is 9.59 Å². The second kappa shape index (κ2) is 10.1. The van der Waals surface area contributed by atoms with Gasteiger partial charge >= 0.3 is 11.9 Å². The zero-order valence-electron chi connectivity index (χ0n) is 17.5. The van der Waals surface area contributed by atoms with Crippen molar-refractivity contribution in [3.63, 3.8) is 0 Å². The van der Waals surface area contributed by atoms with Gasteiger partial charge in [-0.15, -0.1) is 0 Å². The van der Waals surface area contributed by atoms with E-state index in [-0.39, 0.29) is 5.41 Å². The summed E-state index contributed by atoms with van der Waals surface area (Å²) in [5.41, 5.74) is 1.70. The fourth-order valence-corrected chi connectivity index (χ4v) is 3.74. The third-order valence-corrected chi connectivity index (χ3v) is 6.30. The van der Waals surface area contributed by atoms with Crippen molar-refractivity contribution >= 4 is 11.9 Å². The number of rotatable bonds is 14. The topological polar surface area (TPSA) is 74.6 Å². The number of hydrogen-bond donors (Lipinski definition) is 2. The molecular weight excluding hydrogens is 352 g/mol. The number of carboxylic acids is 2. The van der Waals surface area contributed by atoms with E-state index in [1.807, 2.05) is 0 Å². The van der Waals surface area contributed by atoms with Crippen molar-refractivity contribution < 1.29 is 19.8 Å². The number of carbonyl (C=O) groups is 2. The van der Waals surface area contributed by atoms with Gasteiger partial charge in [0.25, 0.3) is 0 Å². The molecule has 1 aromatic carbocycles. The molecule has 0 unspecified atom stereocenters. The highest BCUT2D eigenvalue weighted by atomic mass is 16.4. The van der Waals surface area contributed by atoms with Crippen molar-refractivity contribution in [3.05, 3.63) is 35.4 Å². The van der Waals surface area contributed by atoms with E-state index in [9.17, 15) is 14.7 Å². The molecule has 4 heteroatoms. The monoisotopic (exact) mass is 388 g/mol. The van der Waals surface area contributed by atoms with E-state index in [0.717, 1.165) is 77.0 Å². The van der Waals surface area contributed by atoms with E-state index in [1.165, 1.54) is 11.1 Å². The van der Waals surface area contributed by atoms with E-state index in [0.29, 0.717) is 0 Å². The lowest BCUT2D eigenvalue weighted by atomic mass is 9.87. The van der Waals surface area contributed by atoms with Gasteiger partial charge in [-0.25, -0.2) is 0 Å². The van der Waals surface area contributed by atoms with Crippen LogP contribution in [0.25, 0.3) is 0 Å². The molecule has 0 bridgehead atoms. The van der Waals surface area contributed by atoms with Gasteiger partial charge in [-0.1, -0.05) is 49.9 Å². The normalized spacial score (nSPS) is 15.4. The maximum Gasteiger partial charge on any atom is 0.309 e. The first-order chi connectivity index (χ1) is 13.3. The van der Waals surface area contributed by atoms with Gasteiger partial charge in [0.05, 0.1) is 10.8 Å². The summed E-state index contributed by atoms with van der Waals surface area (Å²) in [6.45, 7) is 3.60. The van der Waals surface area contributed by atoms with Gasteiger partial charge < -0.3 is 10.2 Å². The highest BCUT2D eigenvalue weighted by Crippen LogP contribution is 2.50. The van der Waals surface area contributed by atoms with Crippen LogP contribution in [-0.4, -0.2) is 22.2 Å². The molecule has 1 aromatic rings. The smallest absolute Gasteiger partial charge is 0.309 e. The quantitative estimate of drug-likeness (QED) is 0.391. The Morgan fingerprint density at radius 1 is 0.857 bits per heavy atom. The van der Waals surface area contributed by atoms with E-state index >= 15 is 0 Å². The van der Waals surface area contributed by atoms with Crippen LogP contribution >= 0.6 is 0 Å². The summed E-state index contributed by atoms with van der Waals surface area (Å²) < 4.78 is 0. The minimum absolute atomic E-state index is 0.382. The van der Waals surface area contributed by atoms with Crippen LogP contribution in [0.15, 0.2) is 24.3 Å². The number of aryl methyl sites for hydroxylation is 2. The third kappa shape index (κ3) is 6.96. The maximum atomic E-state index is 11.2. The Labute approximate surface area is 169 Å². The first-order valence-electron chi connectivity index (χ1n) is 10.8. The largest absolute Gasteiger partial charge is 0.481 e.